The van der Waals surface area contributed by atoms with Gasteiger partial charge in [-0.25, -0.2) is 0 Å². The van der Waals surface area contributed by atoms with Gasteiger partial charge in [-0.15, -0.1) is 27.0 Å². The van der Waals surface area contributed by atoms with Crippen molar-refractivity contribution in [3.8, 4) is 17.1 Å². The van der Waals surface area contributed by atoms with E-state index in [4.69, 9.17) is 4.74 Å². The predicted octanol–water partition coefficient (Wildman–Crippen LogP) is 3.74. The van der Waals surface area contributed by atoms with Crippen LogP contribution in [0.3, 0.4) is 0 Å². The molecule has 2 heterocycles. The Morgan fingerprint density at radius 2 is 2.00 bits per heavy atom. The van der Waals surface area contributed by atoms with Crippen LogP contribution in [0.15, 0.2) is 42.1 Å². The number of benzene rings is 1. The lowest BCUT2D eigenvalue weighted by atomic mass is 10.2. The van der Waals surface area contributed by atoms with Crippen molar-refractivity contribution in [3.05, 3.63) is 41.9 Å². The highest BCUT2D eigenvalue weighted by atomic mass is 32.2. The molecule has 1 N–H and O–H groups in total. The fraction of sp³-hybridized carbons (Fsp3) is 0.235. The lowest BCUT2D eigenvalue weighted by Gasteiger charge is -2.08. The standard InChI is InChI=1S/C17H15F3N6O2S2/c1-3-8-26-13(10-4-6-11(28-2)7-5-10)22-25-16(26)29-9-12(27)21-15-24-23-14(30-15)17(18,19)20/h3-7H,1,8-9H2,2H3,(H,21,24,27). The van der Waals surface area contributed by atoms with Crippen molar-refractivity contribution >= 4 is 34.1 Å². The maximum atomic E-state index is 12.6. The number of thioether (sulfide) groups is 1. The Kier molecular flexibility index (Phi) is 6.72. The number of nitrogens with one attached hydrogen (secondary N) is 1. The van der Waals surface area contributed by atoms with Gasteiger partial charge in [0.25, 0.3) is 0 Å². The van der Waals surface area contributed by atoms with Crippen LogP contribution in [0.25, 0.3) is 11.4 Å². The first-order valence-electron chi connectivity index (χ1n) is 8.33. The van der Waals surface area contributed by atoms with E-state index in [2.05, 4.69) is 32.3 Å². The van der Waals surface area contributed by atoms with E-state index in [1.54, 1.807) is 29.9 Å². The number of methoxy groups -OCH3 is 1. The summed E-state index contributed by atoms with van der Waals surface area (Å²) in [6.45, 7) is 4.13. The first-order chi connectivity index (χ1) is 14.3. The molecule has 0 aliphatic rings. The van der Waals surface area contributed by atoms with E-state index in [0.29, 0.717) is 23.3 Å². The van der Waals surface area contributed by atoms with Crippen molar-refractivity contribution in [1.29, 1.82) is 0 Å². The van der Waals surface area contributed by atoms with Gasteiger partial charge in [0.1, 0.15) is 5.75 Å². The normalized spacial score (nSPS) is 11.3. The first-order valence-corrected chi connectivity index (χ1v) is 10.1. The summed E-state index contributed by atoms with van der Waals surface area (Å²) >= 11 is 1.35. The monoisotopic (exact) mass is 456 g/mol. The van der Waals surface area contributed by atoms with Crippen molar-refractivity contribution in [2.75, 3.05) is 18.2 Å². The highest BCUT2D eigenvalue weighted by Gasteiger charge is 2.35. The van der Waals surface area contributed by atoms with Crippen LogP contribution in [0.2, 0.25) is 0 Å². The number of halogens is 3. The van der Waals surface area contributed by atoms with Gasteiger partial charge in [0.05, 0.1) is 12.9 Å². The summed E-state index contributed by atoms with van der Waals surface area (Å²) in [5.41, 5.74) is 0.801. The third-order valence-electron chi connectivity index (χ3n) is 3.62. The largest absolute Gasteiger partial charge is 0.497 e. The Morgan fingerprint density at radius 1 is 1.27 bits per heavy atom. The minimum absolute atomic E-state index is 0.0984. The Morgan fingerprint density at radius 3 is 2.60 bits per heavy atom. The van der Waals surface area contributed by atoms with Gasteiger partial charge in [-0.2, -0.15) is 13.2 Å². The fourth-order valence-corrected chi connectivity index (χ4v) is 3.69. The summed E-state index contributed by atoms with van der Waals surface area (Å²) in [5.74, 6) is 0.646. The molecular formula is C17H15F3N6O2S2. The lowest BCUT2D eigenvalue weighted by Crippen LogP contribution is -2.14. The Hall–Kier alpha value is -2.93. The van der Waals surface area contributed by atoms with Gasteiger partial charge in [-0.05, 0) is 24.3 Å². The number of amides is 1. The average Bonchev–Trinajstić information content (AvgIpc) is 3.34. The molecule has 30 heavy (non-hydrogen) atoms. The zero-order chi connectivity index (χ0) is 21.7. The first kappa shape index (κ1) is 21.8. The molecule has 0 fully saturated rings. The van der Waals surface area contributed by atoms with Crippen molar-refractivity contribution in [1.82, 2.24) is 25.0 Å². The van der Waals surface area contributed by atoms with Crippen molar-refractivity contribution in [2.45, 2.75) is 17.9 Å². The second-order valence-electron chi connectivity index (χ2n) is 5.68. The molecule has 0 aliphatic carbocycles. The van der Waals surface area contributed by atoms with Crippen molar-refractivity contribution in [2.24, 2.45) is 0 Å². The number of hydrogen-bond acceptors (Lipinski definition) is 8. The molecule has 2 aromatic heterocycles. The van der Waals surface area contributed by atoms with E-state index < -0.39 is 17.1 Å². The summed E-state index contributed by atoms with van der Waals surface area (Å²) in [7, 11) is 1.57. The molecule has 0 unspecified atom stereocenters. The van der Waals surface area contributed by atoms with Crippen LogP contribution in [0.5, 0.6) is 5.75 Å². The van der Waals surface area contributed by atoms with Gasteiger partial charge in [0.15, 0.2) is 11.0 Å². The molecule has 0 bridgehead atoms. The number of hydrogen-bond donors (Lipinski definition) is 1. The van der Waals surface area contributed by atoms with Crippen LogP contribution in [0, 0.1) is 0 Å². The molecule has 3 rings (SSSR count). The maximum Gasteiger partial charge on any atom is 0.445 e. The second-order valence-corrected chi connectivity index (χ2v) is 7.60. The van der Waals surface area contributed by atoms with E-state index in [-0.39, 0.29) is 22.2 Å². The SMILES string of the molecule is C=CCn1c(SCC(=O)Nc2nnc(C(F)(F)F)s2)nnc1-c1ccc(OC)cc1. The van der Waals surface area contributed by atoms with E-state index in [0.717, 1.165) is 17.3 Å². The van der Waals surface area contributed by atoms with E-state index in [9.17, 15) is 18.0 Å². The zero-order valence-corrected chi connectivity index (χ0v) is 17.1. The smallest absolute Gasteiger partial charge is 0.445 e. The highest BCUT2D eigenvalue weighted by molar-refractivity contribution is 7.99. The minimum Gasteiger partial charge on any atom is -0.497 e. The van der Waals surface area contributed by atoms with Crippen LogP contribution in [0.1, 0.15) is 5.01 Å². The third kappa shape index (κ3) is 5.16. The predicted molar refractivity (Wildman–Crippen MR) is 106 cm³/mol. The number of anilines is 1. The zero-order valence-electron chi connectivity index (χ0n) is 15.5. The molecule has 13 heteroatoms. The quantitative estimate of drug-likeness (QED) is 0.408. The van der Waals surface area contributed by atoms with Gasteiger partial charge >= 0.3 is 6.18 Å². The summed E-state index contributed by atoms with van der Waals surface area (Å²) in [4.78, 5) is 12.1. The van der Waals surface area contributed by atoms with Gasteiger partial charge in [0, 0.05) is 12.1 Å². The van der Waals surface area contributed by atoms with Crippen molar-refractivity contribution in [3.63, 3.8) is 0 Å². The number of aromatic nitrogens is 5. The number of carbonyl (C=O) groups is 1. The minimum atomic E-state index is -4.60. The number of nitrogens with zero attached hydrogens (tertiary/aromatic N) is 5. The van der Waals surface area contributed by atoms with Crippen LogP contribution in [-0.4, -0.2) is 43.7 Å². The van der Waals surface area contributed by atoms with E-state index >= 15 is 0 Å². The summed E-state index contributed by atoms with van der Waals surface area (Å²) < 4.78 is 44.6. The number of rotatable bonds is 8. The molecular weight excluding hydrogens is 441 g/mol. The molecule has 1 aromatic carbocycles. The number of ether oxygens (including phenoxy) is 1. The molecule has 3 aromatic rings. The molecule has 1 amide bonds. The van der Waals surface area contributed by atoms with Crippen LogP contribution >= 0.6 is 23.1 Å². The molecule has 158 valence electrons. The molecule has 0 spiro atoms. The Labute approximate surface area is 177 Å². The van der Waals surface area contributed by atoms with E-state index in [1.807, 2.05) is 12.1 Å². The summed E-state index contributed by atoms with van der Waals surface area (Å²) in [6, 6.07) is 7.24. The Bertz CT molecular complexity index is 1030. The van der Waals surface area contributed by atoms with Crippen molar-refractivity contribution < 1.29 is 22.7 Å². The maximum absolute atomic E-state index is 12.6. The molecule has 0 atom stereocenters. The Balaban J connectivity index is 1.68. The molecule has 0 radical (unpaired) electrons. The van der Waals surface area contributed by atoms with Crippen LogP contribution in [-0.2, 0) is 17.5 Å². The topological polar surface area (TPSA) is 94.8 Å². The summed E-state index contributed by atoms with van der Waals surface area (Å²) in [5, 5.41) is 16.1. The number of carbonyl (C=O) groups excluding carboxylic acids is 1. The van der Waals surface area contributed by atoms with Gasteiger partial charge < -0.3 is 4.74 Å². The van der Waals surface area contributed by atoms with Gasteiger partial charge in [-0.3, -0.25) is 14.7 Å². The van der Waals surface area contributed by atoms with Crippen LogP contribution < -0.4 is 10.1 Å². The van der Waals surface area contributed by atoms with Crippen LogP contribution in [0.4, 0.5) is 18.3 Å². The van der Waals surface area contributed by atoms with Gasteiger partial charge in [0.2, 0.25) is 16.0 Å². The molecule has 8 nitrogen and oxygen atoms in total. The van der Waals surface area contributed by atoms with Gasteiger partial charge in [-0.1, -0.05) is 29.2 Å². The lowest BCUT2D eigenvalue weighted by molar-refractivity contribution is -0.138. The number of allylic oxidation sites excluding steroid dienone is 1. The number of alkyl halides is 3. The highest BCUT2D eigenvalue weighted by Crippen LogP contribution is 2.33. The molecule has 0 saturated carbocycles. The second kappa shape index (κ2) is 9.26. The molecule has 0 saturated heterocycles. The van der Waals surface area contributed by atoms with E-state index in [1.165, 1.54) is 0 Å². The molecule has 0 aliphatic heterocycles. The third-order valence-corrected chi connectivity index (χ3v) is 5.47. The average molecular weight is 456 g/mol. The summed E-state index contributed by atoms with van der Waals surface area (Å²) in [6.07, 6.45) is -2.94. The fourth-order valence-electron chi connectivity index (χ4n) is 2.32.